The Bertz CT molecular complexity index is 1450. The number of aromatic hydroxyl groups is 1. The Labute approximate surface area is 193 Å². The van der Waals surface area contributed by atoms with Gasteiger partial charge >= 0.3 is 0 Å². The summed E-state index contributed by atoms with van der Waals surface area (Å²) < 4.78 is 7.58. The molecule has 1 amide bonds. The fourth-order valence-corrected chi connectivity index (χ4v) is 4.02. The molecule has 4 rings (SSSR count). The molecular weight excluding hydrogens is 438 g/mol. The largest absolute Gasteiger partial charge is 0.501 e. The predicted molar refractivity (Wildman–Crippen MR) is 120 cm³/mol. The quantitative estimate of drug-likeness (QED) is 0.445. The van der Waals surface area contributed by atoms with E-state index >= 15 is 0 Å². The molecule has 1 aromatic carbocycles. The topological polar surface area (TPSA) is 152 Å². The number of carbonyl (C=O) groups is 1. The average Bonchev–Trinajstić information content (AvgIpc) is 3.50. The molecule has 34 heavy (non-hydrogen) atoms. The summed E-state index contributed by atoms with van der Waals surface area (Å²) in [4.78, 5) is 30.0. The highest BCUT2D eigenvalue weighted by molar-refractivity contribution is 6.04. The molecule has 0 aliphatic rings. The van der Waals surface area contributed by atoms with Crippen LogP contribution >= 0.6 is 0 Å². The van der Waals surface area contributed by atoms with Gasteiger partial charge in [0.15, 0.2) is 5.69 Å². The van der Waals surface area contributed by atoms with Crippen LogP contribution in [-0.2, 0) is 14.1 Å². The monoisotopic (exact) mass is 459 g/mol. The molecule has 0 saturated carbocycles. The van der Waals surface area contributed by atoms with E-state index in [1.165, 1.54) is 24.1 Å². The first kappa shape index (κ1) is 22.5. The van der Waals surface area contributed by atoms with Crippen molar-refractivity contribution in [3.63, 3.8) is 0 Å². The van der Waals surface area contributed by atoms with Gasteiger partial charge in [-0.2, -0.15) is 10.4 Å². The van der Waals surface area contributed by atoms with Crippen LogP contribution in [0.3, 0.4) is 0 Å². The number of nitriles is 1. The minimum absolute atomic E-state index is 0.247. The average molecular weight is 459 g/mol. The van der Waals surface area contributed by atoms with E-state index in [1.807, 2.05) is 25.1 Å². The zero-order chi connectivity index (χ0) is 24.4. The Morgan fingerprint density at radius 3 is 2.68 bits per heavy atom. The summed E-state index contributed by atoms with van der Waals surface area (Å²) >= 11 is 0. The van der Waals surface area contributed by atoms with Crippen molar-refractivity contribution in [2.24, 2.45) is 14.1 Å². The van der Waals surface area contributed by atoms with Crippen molar-refractivity contribution < 1.29 is 14.4 Å². The van der Waals surface area contributed by atoms with Gasteiger partial charge in [0.05, 0.1) is 17.8 Å². The van der Waals surface area contributed by atoms with Crippen molar-refractivity contribution in [3.05, 3.63) is 87.7 Å². The fourth-order valence-electron chi connectivity index (χ4n) is 4.02. The number of hydrogen-bond donors (Lipinski definition) is 2. The molecule has 3 aromatic heterocycles. The number of hydrogen-bond acceptors (Lipinski definition) is 8. The van der Waals surface area contributed by atoms with Crippen LogP contribution < -0.4 is 10.9 Å². The summed E-state index contributed by atoms with van der Waals surface area (Å²) in [6.45, 7) is 1.84. The number of amides is 1. The Balaban J connectivity index is 1.87. The van der Waals surface area contributed by atoms with Gasteiger partial charge in [-0.25, -0.2) is 4.98 Å². The summed E-state index contributed by atoms with van der Waals surface area (Å²) in [5.74, 6) is -2.24. The number of nitrogens with zero attached hydrogens (tertiary/aromatic N) is 6. The lowest BCUT2D eigenvalue weighted by molar-refractivity contribution is 0.101. The standard InChI is InChI=1S/C23H21N7O4/c1-13(18(17-8-9-25-30(17)3)16-7-5-4-6-14(16)10-24)21-28-19(20(31)23(33)29(21)2)22(32)27-15-11-26-34-12-15/h4-9,11-13,18,31H,1-3H3,(H,27,32)/t13-,18+/m1/s1. The number of rotatable bonds is 6. The molecule has 172 valence electrons. The zero-order valence-corrected chi connectivity index (χ0v) is 18.6. The van der Waals surface area contributed by atoms with Crippen LogP contribution in [0.1, 0.15) is 51.9 Å². The van der Waals surface area contributed by atoms with E-state index in [0.29, 0.717) is 5.56 Å². The Hall–Kier alpha value is -4.72. The molecule has 11 heteroatoms. The van der Waals surface area contributed by atoms with E-state index in [1.54, 1.807) is 30.1 Å². The molecule has 4 aromatic rings. The van der Waals surface area contributed by atoms with Crippen molar-refractivity contribution in [1.29, 1.82) is 5.26 Å². The Morgan fingerprint density at radius 2 is 2.03 bits per heavy atom. The first-order valence-corrected chi connectivity index (χ1v) is 10.3. The first-order chi connectivity index (χ1) is 16.3. The third-order valence-electron chi connectivity index (χ3n) is 5.71. The van der Waals surface area contributed by atoms with Crippen molar-refractivity contribution in [3.8, 4) is 11.8 Å². The lowest BCUT2D eigenvalue weighted by atomic mass is 9.81. The van der Waals surface area contributed by atoms with Crippen LogP contribution in [0.25, 0.3) is 0 Å². The number of nitrogens with one attached hydrogen (secondary N) is 1. The first-order valence-electron chi connectivity index (χ1n) is 10.3. The van der Waals surface area contributed by atoms with Crippen molar-refractivity contribution in [2.75, 3.05) is 5.32 Å². The molecule has 0 fully saturated rings. The lowest BCUT2D eigenvalue weighted by Crippen LogP contribution is -2.30. The van der Waals surface area contributed by atoms with E-state index in [9.17, 15) is 20.0 Å². The molecule has 0 spiro atoms. The molecule has 0 bridgehead atoms. The normalized spacial score (nSPS) is 12.6. The zero-order valence-electron chi connectivity index (χ0n) is 18.6. The van der Waals surface area contributed by atoms with Crippen LogP contribution in [0, 0.1) is 11.3 Å². The molecule has 0 aliphatic heterocycles. The van der Waals surface area contributed by atoms with E-state index in [2.05, 4.69) is 26.6 Å². The number of anilines is 1. The lowest BCUT2D eigenvalue weighted by Gasteiger charge is -2.27. The van der Waals surface area contributed by atoms with Gasteiger partial charge in [0.25, 0.3) is 11.5 Å². The smallest absolute Gasteiger partial charge is 0.296 e. The summed E-state index contributed by atoms with van der Waals surface area (Å²) in [7, 11) is 3.25. The molecule has 11 nitrogen and oxygen atoms in total. The van der Waals surface area contributed by atoms with E-state index in [-0.39, 0.29) is 11.5 Å². The van der Waals surface area contributed by atoms with Gasteiger partial charge in [0.1, 0.15) is 17.8 Å². The van der Waals surface area contributed by atoms with Crippen molar-refractivity contribution >= 4 is 11.6 Å². The highest BCUT2D eigenvalue weighted by Crippen LogP contribution is 2.38. The van der Waals surface area contributed by atoms with E-state index in [0.717, 1.165) is 11.3 Å². The predicted octanol–water partition coefficient (Wildman–Crippen LogP) is 2.27. The molecule has 2 N–H and O–H groups in total. The summed E-state index contributed by atoms with van der Waals surface area (Å²) in [5.41, 5.74) is 1.02. The van der Waals surface area contributed by atoms with Gasteiger partial charge in [-0.05, 0) is 17.7 Å². The van der Waals surface area contributed by atoms with Gasteiger partial charge in [0, 0.05) is 37.8 Å². The van der Waals surface area contributed by atoms with E-state index < -0.39 is 34.7 Å². The van der Waals surface area contributed by atoms with Gasteiger partial charge in [0.2, 0.25) is 5.75 Å². The highest BCUT2D eigenvalue weighted by Gasteiger charge is 2.32. The van der Waals surface area contributed by atoms with Crippen LogP contribution in [-0.4, -0.2) is 35.5 Å². The SMILES string of the molecule is C[C@@H](c1nc(C(=O)Nc2cnoc2)c(O)c(=O)n1C)[C@@H](c1ccccc1C#N)c1ccnn1C. The van der Waals surface area contributed by atoms with Crippen LogP contribution in [0.4, 0.5) is 5.69 Å². The van der Waals surface area contributed by atoms with Gasteiger partial charge < -0.3 is 14.9 Å². The summed E-state index contributed by atoms with van der Waals surface area (Å²) in [6.07, 6.45) is 4.12. The molecule has 0 saturated heterocycles. The van der Waals surface area contributed by atoms with Crippen LogP contribution in [0.2, 0.25) is 0 Å². The van der Waals surface area contributed by atoms with Crippen LogP contribution in [0.5, 0.6) is 5.75 Å². The van der Waals surface area contributed by atoms with Gasteiger partial charge in [-0.1, -0.05) is 30.3 Å². The molecule has 2 atom stereocenters. The van der Waals surface area contributed by atoms with Gasteiger partial charge in [-0.3, -0.25) is 18.8 Å². The van der Waals surface area contributed by atoms with Crippen molar-refractivity contribution in [1.82, 2.24) is 24.5 Å². The number of aromatic nitrogens is 5. The van der Waals surface area contributed by atoms with Crippen molar-refractivity contribution in [2.45, 2.75) is 18.8 Å². The minimum Gasteiger partial charge on any atom is -0.501 e. The second-order valence-corrected chi connectivity index (χ2v) is 7.74. The maximum Gasteiger partial charge on any atom is 0.296 e. The number of aryl methyl sites for hydroxylation is 1. The minimum atomic E-state index is -0.790. The molecule has 3 heterocycles. The van der Waals surface area contributed by atoms with E-state index in [4.69, 9.17) is 4.52 Å². The second-order valence-electron chi connectivity index (χ2n) is 7.74. The molecule has 0 radical (unpaired) electrons. The third-order valence-corrected chi connectivity index (χ3v) is 5.71. The maximum absolute atomic E-state index is 12.8. The summed E-state index contributed by atoms with van der Waals surface area (Å²) in [6, 6.07) is 11.2. The molecule has 0 unspecified atom stereocenters. The molecular formula is C23H21N7O4. The highest BCUT2D eigenvalue weighted by atomic mass is 16.5. The van der Waals surface area contributed by atoms with Crippen LogP contribution in [0.15, 0.2) is 58.3 Å². The Kier molecular flexibility index (Phi) is 5.97. The van der Waals surface area contributed by atoms with Gasteiger partial charge in [-0.15, -0.1) is 0 Å². The second kappa shape index (κ2) is 9.03. The number of carbonyl (C=O) groups excluding carboxylic acids is 1. The number of benzene rings is 1. The third kappa shape index (κ3) is 3.93. The Morgan fingerprint density at radius 1 is 1.26 bits per heavy atom. The summed E-state index contributed by atoms with van der Waals surface area (Å²) in [5, 5.41) is 30.4. The maximum atomic E-state index is 12.8. The fraction of sp³-hybridized carbons (Fsp3) is 0.217. The molecule has 0 aliphatic carbocycles.